The molecule has 0 aliphatic rings. The SMILES string of the molecule is COC(=O)c1cc(CN(C)C(=O)c2sccc2Cl)oc1C. The first-order valence-corrected chi connectivity index (χ1v) is 7.36. The van der Waals surface area contributed by atoms with Crippen molar-refractivity contribution in [2.24, 2.45) is 0 Å². The van der Waals surface area contributed by atoms with E-state index in [-0.39, 0.29) is 12.5 Å². The normalized spacial score (nSPS) is 10.5. The van der Waals surface area contributed by atoms with Crippen molar-refractivity contribution in [2.75, 3.05) is 14.2 Å². The van der Waals surface area contributed by atoms with Crippen molar-refractivity contribution in [1.82, 2.24) is 4.90 Å². The second kappa shape index (κ2) is 6.32. The van der Waals surface area contributed by atoms with E-state index in [0.717, 1.165) is 0 Å². The van der Waals surface area contributed by atoms with E-state index in [2.05, 4.69) is 4.74 Å². The van der Waals surface area contributed by atoms with Crippen LogP contribution in [0.5, 0.6) is 0 Å². The molecule has 2 rings (SSSR count). The summed E-state index contributed by atoms with van der Waals surface area (Å²) in [7, 11) is 2.96. The summed E-state index contributed by atoms with van der Waals surface area (Å²) in [5.74, 6) is 0.324. The van der Waals surface area contributed by atoms with Crippen molar-refractivity contribution >= 4 is 34.8 Å². The van der Waals surface area contributed by atoms with E-state index >= 15 is 0 Å². The summed E-state index contributed by atoms with van der Waals surface area (Å²) in [6.07, 6.45) is 0. The number of amides is 1. The molecule has 0 N–H and O–H groups in total. The smallest absolute Gasteiger partial charge is 0.341 e. The topological polar surface area (TPSA) is 59.8 Å². The maximum Gasteiger partial charge on any atom is 0.341 e. The third-order valence-electron chi connectivity index (χ3n) is 2.93. The van der Waals surface area contributed by atoms with Gasteiger partial charge in [0.05, 0.1) is 18.7 Å². The standard InChI is InChI=1S/C14H14ClNO4S/c1-8-10(14(18)19-3)6-9(20-8)7-16(2)13(17)12-11(15)4-5-21-12/h4-6H,7H2,1-3H3. The molecule has 0 aromatic carbocycles. The van der Waals surface area contributed by atoms with Crippen molar-refractivity contribution in [3.63, 3.8) is 0 Å². The highest BCUT2D eigenvalue weighted by molar-refractivity contribution is 7.12. The molecule has 0 atom stereocenters. The minimum atomic E-state index is -0.460. The molecule has 2 heterocycles. The molecular weight excluding hydrogens is 314 g/mol. The maximum atomic E-state index is 12.2. The van der Waals surface area contributed by atoms with Crippen LogP contribution in [0.2, 0.25) is 5.02 Å². The van der Waals surface area contributed by atoms with Crippen molar-refractivity contribution in [3.05, 3.63) is 44.5 Å². The lowest BCUT2D eigenvalue weighted by Crippen LogP contribution is -2.25. The van der Waals surface area contributed by atoms with E-state index in [9.17, 15) is 9.59 Å². The van der Waals surface area contributed by atoms with Gasteiger partial charge in [0.25, 0.3) is 5.91 Å². The summed E-state index contributed by atoms with van der Waals surface area (Å²) in [6.45, 7) is 1.92. The Bertz CT molecular complexity index is 676. The van der Waals surface area contributed by atoms with Gasteiger partial charge < -0.3 is 14.1 Å². The number of hydrogen-bond donors (Lipinski definition) is 0. The van der Waals surface area contributed by atoms with Gasteiger partial charge in [-0.05, 0) is 24.4 Å². The molecule has 2 aromatic rings. The molecule has 7 heteroatoms. The summed E-state index contributed by atoms with van der Waals surface area (Å²) in [6, 6.07) is 3.26. The van der Waals surface area contributed by atoms with Crippen LogP contribution in [0, 0.1) is 6.92 Å². The number of furan rings is 1. The molecule has 1 amide bonds. The number of carbonyl (C=O) groups excluding carboxylic acids is 2. The van der Waals surface area contributed by atoms with Crippen LogP contribution in [0.1, 0.15) is 31.6 Å². The summed E-state index contributed by atoms with van der Waals surface area (Å²) in [4.78, 5) is 25.7. The van der Waals surface area contributed by atoms with E-state index in [0.29, 0.717) is 27.0 Å². The molecule has 0 spiro atoms. The predicted molar refractivity (Wildman–Crippen MR) is 79.9 cm³/mol. The number of carbonyl (C=O) groups is 2. The Labute approximate surface area is 131 Å². The summed E-state index contributed by atoms with van der Waals surface area (Å²) in [5.41, 5.74) is 0.363. The molecular formula is C14H14ClNO4S. The Kier molecular flexibility index (Phi) is 4.69. The number of hydrogen-bond acceptors (Lipinski definition) is 5. The van der Waals surface area contributed by atoms with Gasteiger partial charge in [-0.1, -0.05) is 11.6 Å². The largest absolute Gasteiger partial charge is 0.465 e. The van der Waals surface area contributed by atoms with Gasteiger partial charge in [0.15, 0.2) is 0 Å². The number of thiophene rings is 1. The van der Waals surface area contributed by atoms with Crippen LogP contribution >= 0.6 is 22.9 Å². The molecule has 0 saturated heterocycles. The monoisotopic (exact) mass is 327 g/mol. The van der Waals surface area contributed by atoms with E-state index in [1.165, 1.54) is 23.3 Å². The number of halogens is 1. The van der Waals surface area contributed by atoms with Crippen LogP contribution in [-0.2, 0) is 11.3 Å². The number of methoxy groups -OCH3 is 1. The average molecular weight is 328 g/mol. The first-order valence-electron chi connectivity index (χ1n) is 6.10. The van der Waals surface area contributed by atoms with Gasteiger partial charge in [0.1, 0.15) is 22.0 Å². The molecule has 0 radical (unpaired) electrons. The number of ether oxygens (including phenoxy) is 1. The lowest BCUT2D eigenvalue weighted by atomic mass is 10.2. The van der Waals surface area contributed by atoms with Crippen LogP contribution in [0.4, 0.5) is 0 Å². The van der Waals surface area contributed by atoms with Crippen LogP contribution in [0.25, 0.3) is 0 Å². The Hall–Kier alpha value is -1.79. The third kappa shape index (κ3) is 3.28. The van der Waals surface area contributed by atoms with Gasteiger partial charge in [0, 0.05) is 7.05 Å². The fourth-order valence-electron chi connectivity index (χ4n) is 1.86. The van der Waals surface area contributed by atoms with Crippen LogP contribution < -0.4 is 0 Å². The molecule has 0 saturated carbocycles. The average Bonchev–Trinajstić information content (AvgIpc) is 3.03. The Morgan fingerprint density at radius 1 is 1.48 bits per heavy atom. The van der Waals surface area contributed by atoms with Crippen molar-refractivity contribution in [3.8, 4) is 0 Å². The lowest BCUT2D eigenvalue weighted by Gasteiger charge is -2.14. The Balaban J connectivity index is 2.13. The number of aryl methyl sites for hydroxylation is 1. The van der Waals surface area contributed by atoms with E-state index in [1.54, 1.807) is 31.5 Å². The summed E-state index contributed by atoms with van der Waals surface area (Å²) < 4.78 is 10.1. The molecule has 0 bridgehead atoms. The molecule has 0 aliphatic carbocycles. The number of rotatable bonds is 4. The molecule has 0 aliphatic heterocycles. The second-order valence-corrected chi connectivity index (χ2v) is 5.76. The second-order valence-electron chi connectivity index (χ2n) is 4.43. The lowest BCUT2D eigenvalue weighted by molar-refractivity contribution is 0.0598. The third-order valence-corrected chi connectivity index (χ3v) is 4.25. The van der Waals surface area contributed by atoms with Gasteiger partial charge in [-0.15, -0.1) is 11.3 Å². The van der Waals surface area contributed by atoms with Gasteiger partial charge >= 0.3 is 5.97 Å². The molecule has 112 valence electrons. The summed E-state index contributed by atoms with van der Waals surface area (Å²) >= 11 is 7.24. The van der Waals surface area contributed by atoms with Crippen LogP contribution in [0.15, 0.2) is 21.9 Å². The highest BCUT2D eigenvalue weighted by atomic mass is 35.5. The highest BCUT2D eigenvalue weighted by Crippen LogP contribution is 2.24. The van der Waals surface area contributed by atoms with Gasteiger partial charge in [0.2, 0.25) is 0 Å². The zero-order chi connectivity index (χ0) is 15.6. The Morgan fingerprint density at radius 3 is 2.76 bits per heavy atom. The minimum Gasteiger partial charge on any atom is -0.465 e. The zero-order valence-corrected chi connectivity index (χ0v) is 13.4. The van der Waals surface area contributed by atoms with E-state index in [4.69, 9.17) is 16.0 Å². The molecule has 5 nitrogen and oxygen atoms in total. The molecule has 0 unspecified atom stereocenters. The van der Waals surface area contributed by atoms with Gasteiger partial charge in [-0.2, -0.15) is 0 Å². The molecule has 0 fully saturated rings. The molecule has 2 aromatic heterocycles. The fourth-order valence-corrected chi connectivity index (χ4v) is 2.99. The number of esters is 1. The van der Waals surface area contributed by atoms with Crippen LogP contribution in [0.3, 0.4) is 0 Å². The maximum absolute atomic E-state index is 12.2. The highest BCUT2D eigenvalue weighted by Gasteiger charge is 2.20. The van der Waals surface area contributed by atoms with Gasteiger partial charge in [-0.25, -0.2) is 4.79 Å². The Morgan fingerprint density at radius 2 is 2.19 bits per heavy atom. The summed E-state index contributed by atoms with van der Waals surface area (Å²) in [5, 5.41) is 2.19. The quantitative estimate of drug-likeness (QED) is 0.808. The first-order chi connectivity index (χ1) is 9.93. The minimum absolute atomic E-state index is 0.191. The van der Waals surface area contributed by atoms with Crippen molar-refractivity contribution in [2.45, 2.75) is 13.5 Å². The van der Waals surface area contributed by atoms with Gasteiger partial charge in [-0.3, -0.25) is 4.79 Å². The predicted octanol–water partition coefficient (Wildman–Crippen LogP) is 3.36. The van der Waals surface area contributed by atoms with Crippen LogP contribution in [-0.4, -0.2) is 30.9 Å². The zero-order valence-electron chi connectivity index (χ0n) is 11.8. The van der Waals surface area contributed by atoms with E-state index in [1.807, 2.05) is 0 Å². The number of nitrogens with zero attached hydrogens (tertiary/aromatic N) is 1. The van der Waals surface area contributed by atoms with E-state index < -0.39 is 5.97 Å². The fraction of sp³-hybridized carbons (Fsp3) is 0.286. The van der Waals surface area contributed by atoms with Crippen molar-refractivity contribution < 1.29 is 18.7 Å². The molecule has 21 heavy (non-hydrogen) atoms. The first kappa shape index (κ1) is 15.6. The van der Waals surface area contributed by atoms with Crippen molar-refractivity contribution in [1.29, 1.82) is 0 Å².